The standard InChI is InChI=1S/C10H12N6S2/c1-16(2)9-14-15-10(18-9)17-8-6(7(11)12)4-3-5-13-8/h3-5H,1-2H3,(H3,11,12). The highest BCUT2D eigenvalue weighted by atomic mass is 32.2. The Labute approximate surface area is 113 Å². The third-order valence-electron chi connectivity index (χ3n) is 2.02. The van der Waals surface area contributed by atoms with E-state index in [0.29, 0.717) is 10.6 Å². The molecule has 0 aliphatic rings. The van der Waals surface area contributed by atoms with Crippen LogP contribution in [0.25, 0.3) is 0 Å². The summed E-state index contributed by atoms with van der Waals surface area (Å²) in [6, 6.07) is 3.53. The van der Waals surface area contributed by atoms with E-state index in [1.165, 1.54) is 23.1 Å². The summed E-state index contributed by atoms with van der Waals surface area (Å²) in [5.74, 6) is 0.00273. The number of hydrogen-bond donors (Lipinski definition) is 2. The minimum Gasteiger partial charge on any atom is -0.384 e. The zero-order chi connectivity index (χ0) is 13.1. The molecule has 0 spiro atoms. The van der Waals surface area contributed by atoms with E-state index in [1.807, 2.05) is 19.0 Å². The maximum absolute atomic E-state index is 7.50. The molecule has 94 valence electrons. The quantitative estimate of drug-likeness (QED) is 0.650. The first-order valence-electron chi connectivity index (χ1n) is 5.06. The number of nitrogen functional groups attached to an aromatic ring is 1. The van der Waals surface area contributed by atoms with Gasteiger partial charge in [-0.05, 0) is 23.9 Å². The molecule has 2 aromatic heterocycles. The molecule has 6 nitrogen and oxygen atoms in total. The molecule has 2 rings (SSSR count). The Bertz CT molecular complexity index is 565. The third-order valence-corrected chi connectivity index (χ3v) is 4.18. The fourth-order valence-electron chi connectivity index (χ4n) is 1.18. The third kappa shape index (κ3) is 2.77. The molecular formula is C10H12N6S2. The molecular weight excluding hydrogens is 268 g/mol. The highest BCUT2D eigenvalue weighted by Crippen LogP contribution is 2.32. The fraction of sp³-hybridized carbons (Fsp3) is 0.200. The molecule has 0 amide bonds. The largest absolute Gasteiger partial charge is 0.384 e. The first-order valence-corrected chi connectivity index (χ1v) is 6.69. The van der Waals surface area contributed by atoms with Gasteiger partial charge in [-0.2, -0.15) is 0 Å². The van der Waals surface area contributed by atoms with Crippen LogP contribution in [0.3, 0.4) is 0 Å². The Morgan fingerprint density at radius 2 is 2.22 bits per heavy atom. The maximum Gasteiger partial charge on any atom is 0.208 e. The van der Waals surface area contributed by atoms with Crippen molar-refractivity contribution in [2.75, 3.05) is 19.0 Å². The van der Waals surface area contributed by atoms with E-state index >= 15 is 0 Å². The molecule has 0 aliphatic heterocycles. The van der Waals surface area contributed by atoms with Gasteiger partial charge < -0.3 is 10.6 Å². The van der Waals surface area contributed by atoms with E-state index in [9.17, 15) is 0 Å². The second-order valence-electron chi connectivity index (χ2n) is 3.62. The van der Waals surface area contributed by atoms with Gasteiger partial charge in [0.25, 0.3) is 0 Å². The lowest BCUT2D eigenvalue weighted by atomic mass is 10.3. The van der Waals surface area contributed by atoms with Crippen molar-refractivity contribution < 1.29 is 0 Å². The van der Waals surface area contributed by atoms with Crippen LogP contribution in [0.5, 0.6) is 0 Å². The summed E-state index contributed by atoms with van der Waals surface area (Å²) < 4.78 is 0.778. The summed E-state index contributed by atoms with van der Waals surface area (Å²) >= 11 is 2.84. The number of rotatable bonds is 4. The van der Waals surface area contributed by atoms with Crippen LogP contribution in [0.1, 0.15) is 5.56 Å². The molecule has 3 N–H and O–H groups in total. The Morgan fingerprint density at radius 3 is 2.83 bits per heavy atom. The van der Waals surface area contributed by atoms with E-state index in [0.717, 1.165) is 9.47 Å². The van der Waals surface area contributed by atoms with E-state index in [2.05, 4.69) is 15.2 Å². The molecule has 0 radical (unpaired) electrons. The SMILES string of the molecule is CN(C)c1nnc(Sc2ncccc2C(=N)N)s1. The Morgan fingerprint density at radius 1 is 1.44 bits per heavy atom. The Kier molecular flexibility index (Phi) is 3.78. The van der Waals surface area contributed by atoms with Crippen molar-refractivity contribution in [1.29, 1.82) is 5.41 Å². The van der Waals surface area contributed by atoms with Crippen LogP contribution >= 0.6 is 23.1 Å². The summed E-state index contributed by atoms with van der Waals surface area (Å²) in [6.07, 6.45) is 1.67. The van der Waals surface area contributed by atoms with Crippen molar-refractivity contribution in [3.8, 4) is 0 Å². The van der Waals surface area contributed by atoms with Crippen LogP contribution in [0, 0.1) is 5.41 Å². The molecule has 0 aromatic carbocycles. The summed E-state index contributed by atoms with van der Waals surface area (Å²) in [7, 11) is 3.83. The lowest BCUT2D eigenvalue weighted by Gasteiger charge is -2.04. The van der Waals surface area contributed by atoms with Gasteiger partial charge in [-0.3, -0.25) is 5.41 Å². The molecule has 8 heteroatoms. The Hall–Kier alpha value is -1.67. The van der Waals surface area contributed by atoms with Gasteiger partial charge in [0.2, 0.25) is 5.13 Å². The number of aromatic nitrogens is 3. The van der Waals surface area contributed by atoms with Crippen molar-refractivity contribution in [3.63, 3.8) is 0 Å². The zero-order valence-corrected chi connectivity index (χ0v) is 11.5. The van der Waals surface area contributed by atoms with E-state index in [4.69, 9.17) is 11.1 Å². The van der Waals surface area contributed by atoms with E-state index < -0.39 is 0 Å². The molecule has 0 saturated heterocycles. The first kappa shape index (κ1) is 12.8. The summed E-state index contributed by atoms with van der Waals surface area (Å²) in [5.41, 5.74) is 6.13. The molecule has 0 fully saturated rings. The van der Waals surface area contributed by atoms with Crippen LogP contribution < -0.4 is 10.6 Å². The molecule has 0 atom stereocenters. The average molecular weight is 280 g/mol. The predicted molar refractivity (Wildman–Crippen MR) is 73.6 cm³/mol. The zero-order valence-electron chi connectivity index (χ0n) is 9.91. The van der Waals surface area contributed by atoms with Gasteiger partial charge in [0.15, 0.2) is 4.34 Å². The van der Waals surface area contributed by atoms with Gasteiger partial charge in [0.05, 0.1) is 0 Å². The van der Waals surface area contributed by atoms with Gasteiger partial charge in [-0.1, -0.05) is 11.3 Å². The van der Waals surface area contributed by atoms with Crippen molar-refractivity contribution in [2.45, 2.75) is 9.37 Å². The van der Waals surface area contributed by atoms with Crippen LogP contribution in [0.2, 0.25) is 0 Å². The number of nitrogens with one attached hydrogen (secondary N) is 1. The van der Waals surface area contributed by atoms with Crippen LogP contribution in [0.15, 0.2) is 27.7 Å². The van der Waals surface area contributed by atoms with Crippen LogP contribution in [0.4, 0.5) is 5.13 Å². The molecule has 0 aliphatic carbocycles. The number of nitrogens with two attached hydrogens (primary N) is 1. The molecule has 18 heavy (non-hydrogen) atoms. The maximum atomic E-state index is 7.50. The first-order chi connectivity index (χ1) is 8.58. The second kappa shape index (κ2) is 5.32. The highest BCUT2D eigenvalue weighted by molar-refractivity contribution is 8.01. The van der Waals surface area contributed by atoms with Gasteiger partial charge in [0.1, 0.15) is 10.9 Å². The molecule has 2 heterocycles. The van der Waals surface area contributed by atoms with Crippen molar-refractivity contribution >= 4 is 34.1 Å². The van der Waals surface area contributed by atoms with E-state index in [1.54, 1.807) is 18.3 Å². The predicted octanol–water partition coefficient (Wildman–Crippen LogP) is 1.43. The molecule has 0 unspecified atom stereocenters. The number of nitrogens with zero attached hydrogens (tertiary/aromatic N) is 4. The normalized spacial score (nSPS) is 10.3. The summed E-state index contributed by atoms with van der Waals surface area (Å²) in [6.45, 7) is 0. The summed E-state index contributed by atoms with van der Waals surface area (Å²) in [5, 5.41) is 17.1. The highest BCUT2D eigenvalue weighted by Gasteiger charge is 2.12. The lowest BCUT2D eigenvalue weighted by molar-refractivity contribution is 0.970. The number of amidine groups is 1. The molecule has 2 aromatic rings. The van der Waals surface area contributed by atoms with E-state index in [-0.39, 0.29) is 5.84 Å². The number of pyridine rings is 1. The molecule has 0 saturated carbocycles. The van der Waals surface area contributed by atoms with Gasteiger partial charge in [0, 0.05) is 25.9 Å². The Balaban J connectivity index is 2.25. The topological polar surface area (TPSA) is 91.8 Å². The van der Waals surface area contributed by atoms with Gasteiger partial charge in [-0.25, -0.2) is 4.98 Å². The average Bonchev–Trinajstić information content (AvgIpc) is 2.78. The monoisotopic (exact) mass is 280 g/mol. The van der Waals surface area contributed by atoms with Crippen LogP contribution in [-0.4, -0.2) is 35.1 Å². The number of anilines is 1. The van der Waals surface area contributed by atoms with Gasteiger partial charge >= 0.3 is 0 Å². The van der Waals surface area contributed by atoms with Crippen molar-refractivity contribution in [3.05, 3.63) is 23.9 Å². The van der Waals surface area contributed by atoms with Gasteiger partial charge in [-0.15, -0.1) is 10.2 Å². The minimum atomic E-state index is 0.00273. The van der Waals surface area contributed by atoms with Crippen molar-refractivity contribution in [2.24, 2.45) is 5.73 Å². The minimum absolute atomic E-state index is 0.00273. The fourth-order valence-corrected chi connectivity index (χ4v) is 2.96. The second-order valence-corrected chi connectivity index (χ2v) is 5.81. The number of hydrogen-bond acceptors (Lipinski definition) is 7. The summed E-state index contributed by atoms with van der Waals surface area (Å²) in [4.78, 5) is 6.11. The van der Waals surface area contributed by atoms with Crippen molar-refractivity contribution in [1.82, 2.24) is 15.2 Å². The smallest absolute Gasteiger partial charge is 0.208 e. The lowest BCUT2D eigenvalue weighted by Crippen LogP contribution is -2.12. The van der Waals surface area contributed by atoms with Crippen LogP contribution in [-0.2, 0) is 0 Å². The molecule has 0 bridgehead atoms.